The molecule has 8 nitrogen and oxygen atoms in total. The van der Waals surface area contributed by atoms with E-state index in [0.717, 1.165) is 21.8 Å². The first-order chi connectivity index (χ1) is 17.9. The lowest BCUT2D eigenvalue weighted by molar-refractivity contribution is -0.131. The van der Waals surface area contributed by atoms with Crippen LogP contribution in [0.5, 0.6) is 17.2 Å². The Hall–Kier alpha value is -3.47. The largest absolute Gasteiger partial charge is 0.496 e. The van der Waals surface area contributed by atoms with E-state index in [2.05, 4.69) is 26.1 Å². The molecule has 0 aliphatic heterocycles. The number of hydrogen-bond acceptors (Lipinski definition) is 8. The molecule has 0 fully saturated rings. The third-order valence-electron chi connectivity index (χ3n) is 5.00. The molecule has 0 aliphatic rings. The van der Waals surface area contributed by atoms with Gasteiger partial charge in [0.25, 0.3) is 11.1 Å². The minimum absolute atomic E-state index is 0.0288. The van der Waals surface area contributed by atoms with Crippen LogP contribution in [-0.4, -0.2) is 35.5 Å². The maximum Gasteiger partial charge on any atom is 0.342 e. The molecule has 0 atom stereocenters. The third-order valence-corrected chi connectivity index (χ3v) is 6.62. The van der Waals surface area contributed by atoms with Gasteiger partial charge >= 0.3 is 5.97 Å². The van der Waals surface area contributed by atoms with Gasteiger partial charge < -0.3 is 23.7 Å². The standard InChI is InChI=1S/C26H20BrClN2O6S/c1-33-20-10-8-18(28)13-19(20)24-29-30-26(36-24)37-23(25(31)32)12-16-5-9-21(22(11-16)34-2)35-14-15-3-6-17(27)7-4-15/h3-13H,14H2,1-2H3,(H,31,32)/b23-12-. The fourth-order valence-corrected chi connectivity index (χ4v) is 4.33. The molecule has 0 bridgehead atoms. The van der Waals surface area contributed by atoms with Gasteiger partial charge in [-0.25, -0.2) is 4.79 Å². The number of carbonyl (C=O) groups is 1. The number of methoxy groups -OCH3 is 2. The Bertz CT molecular complexity index is 1440. The van der Waals surface area contributed by atoms with E-state index in [-0.39, 0.29) is 16.0 Å². The molecule has 0 saturated heterocycles. The van der Waals surface area contributed by atoms with Gasteiger partial charge in [0.15, 0.2) is 11.5 Å². The minimum Gasteiger partial charge on any atom is -0.496 e. The summed E-state index contributed by atoms with van der Waals surface area (Å²) in [5.74, 6) is 0.492. The number of aromatic nitrogens is 2. The maximum absolute atomic E-state index is 12.0. The van der Waals surface area contributed by atoms with Gasteiger partial charge in [0.2, 0.25) is 0 Å². The Balaban J connectivity index is 1.53. The third kappa shape index (κ3) is 6.85. The maximum atomic E-state index is 12.0. The molecule has 37 heavy (non-hydrogen) atoms. The first-order valence-electron chi connectivity index (χ1n) is 10.7. The van der Waals surface area contributed by atoms with Crippen LogP contribution in [0.2, 0.25) is 5.02 Å². The lowest BCUT2D eigenvalue weighted by atomic mass is 10.2. The number of rotatable bonds is 10. The lowest BCUT2D eigenvalue weighted by Crippen LogP contribution is -1.99. The number of ether oxygens (including phenoxy) is 3. The highest BCUT2D eigenvalue weighted by Gasteiger charge is 2.19. The second-order valence-electron chi connectivity index (χ2n) is 7.46. The van der Waals surface area contributed by atoms with Crippen LogP contribution in [0.3, 0.4) is 0 Å². The summed E-state index contributed by atoms with van der Waals surface area (Å²) in [7, 11) is 3.03. The van der Waals surface area contributed by atoms with Gasteiger partial charge in [-0.3, -0.25) is 0 Å². The predicted molar refractivity (Wildman–Crippen MR) is 144 cm³/mol. The monoisotopic (exact) mass is 602 g/mol. The van der Waals surface area contributed by atoms with Gasteiger partial charge in [-0.2, -0.15) is 0 Å². The van der Waals surface area contributed by atoms with Crippen molar-refractivity contribution in [1.29, 1.82) is 0 Å². The van der Waals surface area contributed by atoms with Gasteiger partial charge in [0, 0.05) is 9.50 Å². The molecule has 4 aromatic rings. The van der Waals surface area contributed by atoms with Gasteiger partial charge in [0.1, 0.15) is 17.3 Å². The van der Waals surface area contributed by atoms with Crippen molar-refractivity contribution >= 4 is 51.3 Å². The topological polar surface area (TPSA) is 104 Å². The van der Waals surface area contributed by atoms with Gasteiger partial charge in [0.05, 0.1) is 19.8 Å². The van der Waals surface area contributed by atoms with Crippen molar-refractivity contribution in [2.45, 2.75) is 11.8 Å². The first kappa shape index (κ1) is 26.6. The number of benzene rings is 3. The van der Waals surface area contributed by atoms with Crippen molar-refractivity contribution in [3.8, 4) is 28.7 Å². The van der Waals surface area contributed by atoms with Crippen molar-refractivity contribution in [1.82, 2.24) is 10.2 Å². The molecule has 0 amide bonds. The van der Waals surface area contributed by atoms with Crippen LogP contribution in [0.15, 0.2) is 79.7 Å². The highest BCUT2D eigenvalue weighted by Crippen LogP contribution is 2.36. The fraction of sp³-hybridized carbons (Fsp3) is 0.115. The van der Waals surface area contributed by atoms with E-state index in [4.69, 9.17) is 30.2 Å². The molecule has 0 aliphatic carbocycles. The molecule has 11 heteroatoms. The second kappa shape index (κ2) is 12.2. The van der Waals surface area contributed by atoms with E-state index in [1.54, 1.807) is 36.4 Å². The van der Waals surface area contributed by atoms with Crippen molar-refractivity contribution in [3.63, 3.8) is 0 Å². The normalized spacial score (nSPS) is 11.3. The second-order valence-corrected chi connectivity index (χ2v) is 9.80. The number of carboxylic acids is 1. The van der Waals surface area contributed by atoms with Gasteiger partial charge in [-0.05, 0) is 71.4 Å². The van der Waals surface area contributed by atoms with Crippen LogP contribution < -0.4 is 14.2 Å². The molecule has 0 radical (unpaired) electrons. The predicted octanol–water partition coefficient (Wildman–Crippen LogP) is 6.97. The Morgan fingerprint density at radius 2 is 1.76 bits per heavy atom. The molecular formula is C26H20BrClN2O6S. The average molecular weight is 604 g/mol. The number of aliphatic carboxylic acids is 1. The van der Waals surface area contributed by atoms with E-state index in [1.165, 1.54) is 20.3 Å². The van der Waals surface area contributed by atoms with E-state index in [0.29, 0.717) is 40.0 Å². The zero-order valence-corrected chi connectivity index (χ0v) is 22.8. The molecule has 0 unspecified atom stereocenters. The SMILES string of the molecule is COc1cc(/C=C(\Sc2nnc(-c3cc(Cl)ccc3OC)o2)C(=O)O)ccc1OCc1ccc(Br)cc1. The summed E-state index contributed by atoms with van der Waals surface area (Å²) in [4.78, 5) is 11.9. The molecule has 190 valence electrons. The Morgan fingerprint density at radius 3 is 2.46 bits per heavy atom. The van der Waals surface area contributed by atoms with Crippen LogP contribution in [0, 0.1) is 0 Å². The minimum atomic E-state index is -1.15. The zero-order chi connectivity index (χ0) is 26.4. The van der Waals surface area contributed by atoms with Crippen LogP contribution in [-0.2, 0) is 11.4 Å². The highest BCUT2D eigenvalue weighted by molar-refractivity contribution is 9.10. The van der Waals surface area contributed by atoms with Crippen LogP contribution in [0.1, 0.15) is 11.1 Å². The van der Waals surface area contributed by atoms with Crippen molar-refractivity contribution in [3.05, 3.63) is 86.2 Å². The van der Waals surface area contributed by atoms with E-state index in [1.807, 2.05) is 24.3 Å². The summed E-state index contributed by atoms with van der Waals surface area (Å²) in [5.41, 5.74) is 2.08. The van der Waals surface area contributed by atoms with Crippen LogP contribution in [0.25, 0.3) is 17.5 Å². The number of halogens is 2. The molecule has 1 aromatic heterocycles. The summed E-state index contributed by atoms with van der Waals surface area (Å²) in [6.45, 7) is 0.353. The molecular weight excluding hydrogens is 584 g/mol. The smallest absolute Gasteiger partial charge is 0.342 e. The summed E-state index contributed by atoms with van der Waals surface area (Å²) >= 11 is 10.3. The Morgan fingerprint density at radius 1 is 1.03 bits per heavy atom. The quantitative estimate of drug-likeness (QED) is 0.152. The number of nitrogens with zero attached hydrogens (tertiary/aromatic N) is 2. The summed E-state index contributed by atoms with van der Waals surface area (Å²) < 4.78 is 23.3. The number of thioether (sulfide) groups is 1. The highest BCUT2D eigenvalue weighted by atomic mass is 79.9. The number of hydrogen-bond donors (Lipinski definition) is 1. The van der Waals surface area contributed by atoms with Crippen molar-refractivity contribution in [2.75, 3.05) is 14.2 Å². The van der Waals surface area contributed by atoms with Gasteiger partial charge in [-0.1, -0.05) is 45.7 Å². The number of carboxylic acid groups (broad SMARTS) is 1. The molecule has 0 spiro atoms. The van der Waals surface area contributed by atoms with Gasteiger partial charge in [-0.15, -0.1) is 10.2 Å². The lowest BCUT2D eigenvalue weighted by Gasteiger charge is -2.12. The molecule has 1 heterocycles. The fourth-order valence-electron chi connectivity index (χ4n) is 3.22. The van der Waals surface area contributed by atoms with Crippen LogP contribution >= 0.6 is 39.3 Å². The molecule has 0 saturated carbocycles. The van der Waals surface area contributed by atoms with Crippen LogP contribution in [0.4, 0.5) is 0 Å². The van der Waals surface area contributed by atoms with Crippen molar-refractivity contribution in [2.24, 2.45) is 0 Å². The van der Waals surface area contributed by atoms with E-state index >= 15 is 0 Å². The Kier molecular flexibility index (Phi) is 8.75. The van der Waals surface area contributed by atoms with E-state index < -0.39 is 5.97 Å². The zero-order valence-electron chi connectivity index (χ0n) is 19.6. The van der Waals surface area contributed by atoms with E-state index in [9.17, 15) is 9.90 Å². The molecule has 4 rings (SSSR count). The summed E-state index contributed by atoms with van der Waals surface area (Å²) in [6, 6.07) is 17.9. The molecule has 1 N–H and O–H groups in total. The average Bonchev–Trinajstić information content (AvgIpc) is 3.36. The molecule has 3 aromatic carbocycles. The summed E-state index contributed by atoms with van der Waals surface area (Å²) in [5, 5.41) is 18.3. The van der Waals surface area contributed by atoms with Crippen molar-refractivity contribution < 1.29 is 28.5 Å². The summed E-state index contributed by atoms with van der Waals surface area (Å²) in [6.07, 6.45) is 1.48. The Labute approximate surface area is 230 Å². The first-order valence-corrected chi connectivity index (χ1v) is 12.7.